The standard InChI is InChI=1S/C12H9ClINO/c13-8-10-7-12(5-6-15-10)16-11-3-1-9(14)2-4-11/h1-7H,8H2. The van der Waals surface area contributed by atoms with Crippen molar-refractivity contribution >= 4 is 34.2 Å². The fourth-order valence-electron chi connectivity index (χ4n) is 1.23. The van der Waals surface area contributed by atoms with Crippen molar-refractivity contribution in [1.82, 2.24) is 4.98 Å². The van der Waals surface area contributed by atoms with Crippen LogP contribution in [0.3, 0.4) is 0 Å². The van der Waals surface area contributed by atoms with Crippen molar-refractivity contribution < 1.29 is 4.74 Å². The molecule has 2 rings (SSSR count). The highest BCUT2D eigenvalue weighted by Crippen LogP contribution is 2.22. The highest BCUT2D eigenvalue weighted by Gasteiger charge is 1.99. The third kappa shape index (κ3) is 3.09. The fraction of sp³-hybridized carbons (Fsp3) is 0.0833. The van der Waals surface area contributed by atoms with E-state index in [2.05, 4.69) is 27.6 Å². The molecule has 0 saturated heterocycles. The van der Waals surface area contributed by atoms with Crippen molar-refractivity contribution in [3.05, 3.63) is 51.9 Å². The first-order chi connectivity index (χ1) is 7.78. The first-order valence-corrected chi connectivity index (χ1v) is 6.33. The lowest BCUT2D eigenvalue weighted by Gasteiger charge is -2.06. The molecule has 2 nitrogen and oxygen atoms in total. The topological polar surface area (TPSA) is 22.1 Å². The molecule has 0 aliphatic heterocycles. The minimum atomic E-state index is 0.393. The van der Waals surface area contributed by atoms with Crippen molar-refractivity contribution in [3.63, 3.8) is 0 Å². The van der Waals surface area contributed by atoms with Gasteiger partial charge in [0.1, 0.15) is 11.5 Å². The zero-order chi connectivity index (χ0) is 11.4. The van der Waals surface area contributed by atoms with Gasteiger partial charge in [0.05, 0.1) is 11.6 Å². The number of halogens is 2. The highest BCUT2D eigenvalue weighted by molar-refractivity contribution is 14.1. The van der Waals surface area contributed by atoms with Gasteiger partial charge >= 0.3 is 0 Å². The minimum absolute atomic E-state index is 0.393. The van der Waals surface area contributed by atoms with E-state index in [1.807, 2.05) is 36.4 Å². The van der Waals surface area contributed by atoms with Crippen molar-refractivity contribution in [3.8, 4) is 11.5 Å². The van der Waals surface area contributed by atoms with E-state index < -0.39 is 0 Å². The third-order valence-electron chi connectivity index (χ3n) is 1.97. The number of pyridine rings is 1. The van der Waals surface area contributed by atoms with Crippen LogP contribution in [0, 0.1) is 3.57 Å². The molecule has 0 amide bonds. The molecule has 0 fully saturated rings. The first kappa shape index (κ1) is 11.7. The number of hydrogen-bond acceptors (Lipinski definition) is 2. The van der Waals surface area contributed by atoms with Crippen LogP contribution in [0.1, 0.15) is 5.69 Å². The van der Waals surface area contributed by atoms with Crippen LogP contribution in [0.4, 0.5) is 0 Å². The Morgan fingerprint density at radius 2 is 1.88 bits per heavy atom. The molecule has 4 heteroatoms. The normalized spacial score (nSPS) is 10.1. The summed E-state index contributed by atoms with van der Waals surface area (Å²) in [5.41, 5.74) is 0.810. The average molecular weight is 346 g/mol. The Bertz CT molecular complexity index is 473. The van der Waals surface area contributed by atoms with Crippen LogP contribution in [0.25, 0.3) is 0 Å². The zero-order valence-corrected chi connectivity index (χ0v) is 11.3. The number of benzene rings is 1. The molecule has 1 heterocycles. The summed E-state index contributed by atoms with van der Waals surface area (Å²) >= 11 is 7.96. The maximum absolute atomic E-state index is 5.70. The van der Waals surface area contributed by atoms with Crippen LogP contribution in [0.5, 0.6) is 11.5 Å². The van der Waals surface area contributed by atoms with Gasteiger partial charge in [-0.05, 0) is 52.9 Å². The lowest BCUT2D eigenvalue weighted by molar-refractivity contribution is 0.481. The Balaban J connectivity index is 2.16. The summed E-state index contributed by atoms with van der Waals surface area (Å²) in [6, 6.07) is 11.5. The van der Waals surface area contributed by atoms with Gasteiger partial charge in [-0.15, -0.1) is 11.6 Å². The summed E-state index contributed by atoms with van der Waals surface area (Å²) in [7, 11) is 0. The van der Waals surface area contributed by atoms with Gasteiger partial charge in [-0.3, -0.25) is 4.98 Å². The molecule has 0 N–H and O–H groups in total. The van der Waals surface area contributed by atoms with E-state index in [9.17, 15) is 0 Å². The molecule has 0 aliphatic carbocycles. The first-order valence-electron chi connectivity index (χ1n) is 4.72. The fourth-order valence-corrected chi connectivity index (χ4v) is 1.74. The molecule has 0 spiro atoms. The molecular weight excluding hydrogens is 336 g/mol. The van der Waals surface area contributed by atoms with Gasteiger partial charge in [-0.25, -0.2) is 0 Å². The molecule has 0 unspecified atom stereocenters. The summed E-state index contributed by atoms with van der Waals surface area (Å²) in [6.45, 7) is 0. The van der Waals surface area contributed by atoms with Gasteiger partial charge in [0.15, 0.2) is 0 Å². The molecule has 1 aromatic heterocycles. The molecular formula is C12H9ClINO. The second-order valence-corrected chi connectivity index (χ2v) is 4.69. The van der Waals surface area contributed by atoms with Crippen molar-refractivity contribution in [2.45, 2.75) is 5.88 Å². The Labute approximate surface area is 113 Å². The lowest BCUT2D eigenvalue weighted by atomic mass is 10.3. The summed E-state index contributed by atoms with van der Waals surface area (Å²) in [4.78, 5) is 4.10. The summed E-state index contributed by atoms with van der Waals surface area (Å²) < 4.78 is 6.86. The van der Waals surface area contributed by atoms with Crippen molar-refractivity contribution in [2.24, 2.45) is 0 Å². The number of hydrogen-bond donors (Lipinski definition) is 0. The second kappa shape index (κ2) is 5.50. The molecule has 0 saturated carbocycles. The quantitative estimate of drug-likeness (QED) is 0.614. The average Bonchev–Trinajstić information content (AvgIpc) is 2.32. The predicted molar refractivity (Wildman–Crippen MR) is 73.0 cm³/mol. The largest absolute Gasteiger partial charge is 0.457 e. The predicted octanol–water partition coefficient (Wildman–Crippen LogP) is 4.22. The van der Waals surface area contributed by atoms with E-state index in [1.165, 1.54) is 3.57 Å². The summed E-state index contributed by atoms with van der Waals surface area (Å²) in [5.74, 6) is 1.96. The second-order valence-electron chi connectivity index (χ2n) is 3.17. The Hall–Kier alpha value is -0.810. The number of alkyl halides is 1. The molecule has 82 valence electrons. The lowest BCUT2D eigenvalue weighted by Crippen LogP contribution is -1.88. The number of ether oxygens (including phenoxy) is 1. The minimum Gasteiger partial charge on any atom is -0.457 e. The maximum Gasteiger partial charge on any atom is 0.130 e. The van der Waals surface area contributed by atoms with E-state index in [-0.39, 0.29) is 0 Å². The summed E-state index contributed by atoms with van der Waals surface area (Å²) in [5, 5.41) is 0. The van der Waals surface area contributed by atoms with Gasteiger partial charge in [0.25, 0.3) is 0 Å². The number of aromatic nitrogens is 1. The monoisotopic (exact) mass is 345 g/mol. The molecule has 2 aromatic rings. The Morgan fingerprint density at radius 1 is 1.12 bits per heavy atom. The third-order valence-corrected chi connectivity index (χ3v) is 2.97. The van der Waals surface area contributed by atoms with E-state index in [4.69, 9.17) is 16.3 Å². The van der Waals surface area contributed by atoms with Crippen LogP contribution in [-0.2, 0) is 5.88 Å². The van der Waals surface area contributed by atoms with E-state index in [0.717, 1.165) is 17.2 Å². The smallest absolute Gasteiger partial charge is 0.130 e. The van der Waals surface area contributed by atoms with Gasteiger partial charge in [-0.2, -0.15) is 0 Å². The molecule has 0 radical (unpaired) electrons. The van der Waals surface area contributed by atoms with Gasteiger partial charge in [0, 0.05) is 15.8 Å². The van der Waals surface area contributed by atoms with Crippen LogP contribution in [0.2, 0.25) is 0 Å². The van der Waals surface area contributed by atoms with Crippen LogP contribution >= 0.6 is 34.2 Å². The Kier molecular flexibility index (Phi) is 4.01. The highest BCUT2D eigenvalue weighted by atomic mass is 127. The van der Waals surface area contributed by atoms with Gasteiger partial charge in [0.2, 0.25) is 0 Å². The molecule has 1 aromatic carbocycles. The van der Waals surface area contributed by atoms with Crippen molar-refractivity contribution in [2.75, 3.05) is 0 Å². The zero-order valence-electron chi connectivity index (χ0n) is 8.36. The molecule has 0 aliphatic rings. The SMILES string of the molecule is ClCc1cc(Oc2ccc(I)cc2)ccn1. The van der Waals surface area contributed by atoms with E-state index in [0.29, 0.717) is 5.88 Å². The van der Waals surface area contributed by atoms with Gasteiger partial charge < -0.3 is 4.74 Å². The maximum atomic E-state index is 5.70. The summed E-state index contributed by atoms with van der Waals surface area (Å²) in [6.07, 6.45) is 1.69. The van der Waals surface area contributed by atoms with E-state index in [1.54, 1.807) is 6.20 Å². The van der Waals surface area contributed by atoms with Crippen molar-refractivity contribution in [1.29, 1.82) is 0 Å². The van der Waals surface area contributed by atoms with E-state index >= 15 is 0 Å². The molecule has 0 atom stereocenters. The van der Waals surface area contributed by atoms with Crippen LogP contribution in [0.15, 0.2) is 42.6 Å². The molecule has 0 bridgehead atoms. The Morgan fingerprint density at radius 3 is 2.56 bits per heavy atom. The van der Waals surface area contributed by atoms with Crippen LogP contribution < -0.4 is 4.74 Å². The van der Waals surface area contributed by atoms with Crippen LogP contribution in [-0.4, -0.2) is 4.98 Å². The van der Waals surface area contributed by atoms with Gasteiger partial charge in [-0.1, -0.05) is 0 Å². The molecule has 16 heavy (non-hydrogen) atoms. The number of rotatable bonds is 3. The number of nitrogens with zero attached hydrogens (tertiary/aromatic N) is 1.